The highest BCUT2D eigenvalue weighted by molar-refractivity contribution is 5.85. The Balaban J connectivity index is 2.04. The Hall–Kier alpha value is -2.12. The van der Waals surface area contributed by atoms with E-state index in [2.05, 4.69) is 10.3 Å². The first-order chi connectivity index (χ1) is 8.85. The van der Waals surface area contributed by atoms with E-state index in [0.717, 1.165) is 0 Å². The standard InChI is InChI=1S/C11H12F3N3O2/c12-11(13,14)2-1-3-16-7-5-8-9(4-6(7)15)19-10(18)17-8/h4-5,16H,1-3,15H2,(H,17,18). The summed E-state index contributed by atoms with van der Waals surface area (Å²) in [4.78, 5) is 13.4. The number of fused-ring (bicyclic) bond motifs is 1. The molecule has 104 valence electrons. The molecule has 2 rings (SSSR count). The molecule has 8 heteroatoms. The molecule has 1 aromatic heterocycles. The number of benzene rings is 1. The van der Waals surface area contributed by atoms with Crippen molar-refractivity contribution < 1.29 is 17.6 Å². The van der Waals surface area contributed by atoms with Gasteiger partial charge in [0, 0.05) is 19.0 Å². The third-order valence-electron chi connectivity index (χ3n) is 2.54. The molecule has 0 unspecified atom stereocenters. The van der Waals surface area contributed by atoms with E-state index in [1.54, 1.807) is 0 Å². The van der Waals surface area contributed by atoms with Gasteiger partial charge in [-0.15, -0.1) is 0 Å². The second kappa shape index (κ2) is 4.87. The number of rotatable bonds is 4. The summed E-state index contributed by atoms with van der Waals surface area (Å²) in [5.74, 6) is -0.608. The number of aromatic amines is 1. The van der Waals surface area contributed by atoms with E-state index in [1.165, 1.54) is 12.1 Å². The molecule has 0 saturated carbocycles. The Labute approximate surface area is 105 Å². The SMILES string of the molecule is Nc1cc2oc(=O)[nH]c2cc1NCCCC(F)(F)F. The average molecular weight is 275 g/mol. The van der Waals surface area contributed by atoms with Crippen LogP contribution in [0.25, 0.3) is 11.1 Å². The fourth-order valence-corrected chi connectivity index (χ4v) is 1.68. The first-order valence-electron chi connectivity index (χ1n) is 5.58. The van der Waals surface area contributed by atoms with Gasteiger partial charge in [-0.3, -0.25) is 4.98 Å². The quantitative estimate of drug-likeness (QED) is 0.591. The lowest BCUT2D eigenvalue weighted by atomic mass is 10.2. The van der Waals surface area contributed by atoms with Gasteiger partial charge in [-0.1, -0.05) is 0 Å². The van der Waals surface area contributed by atoms with Gasteiger partial charge in [0.25, 0.3) is 0 Å². The zero-order chi connectivity index (χ0) is 14.0. The molecule has 0 aliphatic carbocycles. The van der Waals surface area contributed by atoms with E-state index in [4.69, 9.17) is 10.2 Å². The summed E-state index contributed by atoms with van der Waals surface area (Å²) in [6, 6.07) is 2.97. The van der Waals surface area contributed by atoms with Crippen molar-refractivity contribution in [3.05, 3.63) is 22.7 Å². The Bertz CT molecular complexity index is 630. The third kappa shape index (κ3) is 3.43. The van der Waals surface area contributed by atoms with Crippen LogP contribution in [-0.4, -0.2) is 17.7 Å². The highest BCUT2D eigenvalue weighted by Crippen LogP contribution is 2.25. The summed E-state index contributed by atoms with van der Waals surface area (Å²) in [6.45, 7) is 0.136. The van der Waals surface area contributed by atoms with Crippen molar-refractivity contribution in [2.45, 2.75) is 19.0 Å². The van der Waals surface area contributed by atoms with Crippen molar-refractivity contribution in [3.8, 4) is 0 Å². The number of aromatic nitrogens is 1. The predicted molar refractivity (Wildman–Crippen MR) is 65.0 cm³/mol. The van der Waals surface area contributed by atoms with E-state index >= 15 is 0 Å². The van der Waals surface area contributed by atoms with Crippen molar-refractivity contribution in [3.63, 3.8) is 0 Å². The fourth-order valence-electron chi connectivity index (χ4n) is 1.68. The Morgan fingerprint density at radius 1 is 1.37 bits per heavy atom. The number of nitrogen functional groups attached to an aromatic ring is 1. The number of anilines is 2. The summed E-state index contributed by atoms with van der Waals surface area (Å²) in [7, 11) is 0. The summed E-state index contributed by atoms with van der Waals surface area (Å²) in [6.07, 6.45) is -5.07. The van der Waals surface area contributed by atoms with Crippen LogP contribution in [0.2, 0.25) is 0 Å². The van der Waals surface area contributed by atoms with E-state index in [0.29, 0.717) is 22.5 Å². The van der Waals surface area contributed by atoms with Gasteiger partial charge in [0.2, 0.25) is 0 Å². The van der Waals surface area contributed by atoms with Crippen molar-refractivity contribution in [2.24, 2.45) is 0 Å². The molecule has 0 fully saturated rings. The number of alkyl halides is 3. The summed E-state index contributed by atoms with van der Waals surface area (Å²) >= 11 is 0. The molecule has 4 N–H and O–H groups in total. The van der Waals surface area contributed by atoms with Gasteiger partial charge in [0.1, 0.15) is 0 Å². The topological polar surface area (TPSA) is 84.0 Å². The molecule has 0 aliphatic heterocycles. The maximum absolute atomic E-state index is 12.0. The number of nitrogens with one attached hydrogen (secondary N) is 2. The first-order valence-corrected chi connectivity index (χ1v) is 5.58. The number of nitrogens with two attached hydrogens (primary N) is 1. The normalized spacial score (nSPS) is 11.9. The molecule has 19 heavy (non-hydrogen) atoms. The van der Waals surface area contributed by atoms with Crippen LogP contribution in [0.4, 0.5) is 24.5 Å². The van der Waals surface area contributed by atoms with Gasteiger partial charge < -0.3 is 15.5 Å². The van der Waals surface area contributed by atoms with Crippen LogP contribution in [0.5, 0.6) is 0 Å². The fraction of sp³-hybridized carbons (Fsp3) is 0.364. The lowest BCUT2D eigenvalue weighted by Gasteiger charge is -2.10. The van der Waals surface area contributed by atoms with E-state index < -0.39 is 18.4 Å². The smallest absolute Gasteiger partial charge is 0.408 e. The van der Waals surface area contributed by atoms with E-state index in [9.17, 15) is 18.0 Å². The highest BCUT2D eigenvalue weighted by atomic mass is 19.4. The van der Waals surface area contributed by atoms with Gasteiger partial charge in [-0.05, 0) is 12.5 Å². The molecule has 2 aromatic rings. The minimum absolute atomic E-state index is 0.0527. The van der Waals surface area contributed by atoms with E-state index in [1.807, 2.05) is 0 Å². The molecule has 1 aromatic carbocycles. The van der Waals surface area contributed by atoms with Crippen molar-refractivity contribution >= 4 is 22.5 Å². The summed E-state index contributed by atoms with van der Waals surface area (Å²) < 4.78 is 40.7. The van der Waals surface area contributed by atoms with Crippen LogP contribution in [0, 0.1) is 0 Å². The summed E-state index contributed by atoms with van der Waals surface area (Å²) in [5, 5.41) is 2.80. The van der Waals surface area contributed by atoms with Gasteiger partial charge >= 0.3 is 11.9 Å². The molecule has 5 nitrogen and oxygen atoms in total. The van der Waals surface area contributed by atoms with Crippen LogP contribution in [0.1, 0.15) is 12.8 Å². The number of halogens is 3. The lowest BCUT2D eigenvalue weighted by Crippen LogP contribution is -2.11. The Morgan fingerprint density at radius 2 is 2.11 bits per heavy atom. The van der Waals surface area contributed by atoms with Crippen molar-refractivity contribution in [1.29, 1.82) is 0 Å². The minimum atomic E-state index is -4.16. The highest BCUT2D eigenvalue weighted by Gasteiger charge is 2.25. The van der Waals surface area contributed by atoms with Gasteiger partial charge in [-0.25, -0.2) is 4.79 Å². The number of hydrogen-bond donors (Lipinski definition) is 3. The molecule has 0 spiro atoms. The van der Waals surface area contributed by atoms with Crippen LogP contribution < -0.4 is 16.8 Å². The maximum Gasteiger partial charge on any atom is 0.417 e. The molecular formula is C11H12F3N3O2. The third-order valence-corrected chi connectivity index (χ3v) is 2.54. The molecule has 1 heterocycles. The van der Waals surface area contributed by atoms with Crippen LogP contribution in [0.15, 0.2) is 21.3 Å². The number of H-pyrrole nitrogens is 1. The zero-order valence-electron chi connectivity index (χ0n) is 9.80. The summed E-state index contributed by atoms with van der Waals surface area (Å²) in [5.41, 5.74) is 7.23. The number of hydrogen-bond acceptors (Lipinski definition) is 4. The molecule has 0 amide bonds. The second-order valence-electron chi connectivity index (χ2n) is 4.10. The molecule has 0 aliphatic rings. The number of oxazole rings is 1. The molecular weight excluding hydrogens is 263 g/mol. The first kappa shape index (κ1) is 13.3. The monoisotopic (exact) mass is 275 g/mol. The zero-order valence-corrected chi connectivity index (χ0v) is 9.80. The minimum Gasteiger partial charge on any atom is -0.408 e. The van der Waals surface area contributed by atoms with Gasteiger partial charge in [0.15, 0.2) is 5.58 Å². The molecule has 0 saturated heterocycles. The van der Waals surface area contributed by atoms with Crippen molar-refractivity contribution in [2.75, 3.05) is 17.6 Å². The predicted octanol–water partition coefficient (Wildman–Crippen LogP) is 2.46. The average Bonchev–Trinajstić information content (AvgIpc) is 2.62. The van der Waals surface area contributed by atoms with Gasteiger partial charge in [0.05, 0.1) is 16.9 Å². The second-order valence-corrected chi connectivity index (χ2v) is 4.10. The largest absolute Gasteiger partial charge is 0.417 e. The van der Waals surface area contributed by atoms with Gasteiger partial charge in [-0.2, -0.15) is 13.2 Å². The van der Waals surface area contributed by atoms with E-state index in [-0.39, 0.29) is 13.0 Å². The van der Waals surface area contributed by atoms with Crippen LogP contribution >= 0.6 is 0 Å². The molecule has 0 atom stereocenters. The van der Waals surface area contributed by atoms with Crippen LogP contribution in [-0.2, 0) is 0 Å². The van der Waals surface area contributed by atoms with Crippen molar-refractivity contribution in [1.82, 2.24) is 4.98 Å². The Morgan fingerprint density at radius 3 is 2.79 bits per heavy atom. The lowest BCUT2D eigenvalue weighted by molar-refractivity contribution is -0.134. The van der Waals surface area contributed by atoms with Crippen LogP contribution in [0.3, 0.4) is 0 Å². The molecule has 0 bridgehead atoms. The maximum atomic E-state index is 12.0. The Kier molecular flexibility index (Phi) is 3.41. The molecule has 0 radical (unpaired) electrons.